The van der Waals surface area contributed by atoms with Gasteiger partial charge in [-0.1, -0.05) is 24.3 Å². The average Bonchev–Trinajstić information content (AvgIpc) is 2.83. The van der Waals surface area contributed by atoms with Gasteiger partial charge in [-0.2, -0.15) is 0 Å². The van der Waals surface area contributed by atoms with Gasteiger partial charge in [0.15, 0.2) is 5.78 Å². The zero-order chi connectivity index (χ0) is 16.0. The summed E-state index contributed by atoms with van der Waals surface area (Å²) >= 11 is 0. The van der Waals surface area contributed by atoms with Crippen molar-refractivity contribution in [1.29, 1.82) is 0 Å². The van der Waals surface area contributed by atoms with Crippen LogP contribution in [-0.4, -0.2) is 17.1 Å². The molecule has 0 bridgehead atoms. The molecule has 114 valence electrons. The number of Topliss-reactive ketones (excluding diaryl/α,β-unsaturated/α-hetero) is 1. The predicted octanol–water partition coefficient (Wildman–Crippen LogP) is 4.31. The molecule has 3 nitrogen and oxygen atoms in total. The number of aromatic nitrogens is 1. The zero-order valence-electron chi connectivity index (χ0n) is 12.4. The van der Waals surface area contributed by atoms with E-state index >= 15 is 0 Å². The number of aromatic amines is 1. The summed E-state index contributed by atoms with van der Waals surface area (Å²) in [7, 11) is 0. The highest BCUT2D eigenvalue weighted by Gasteiger charge is 2.23. The third kappa shape index (κ3) is 2.18. The number of carbonyl (C=O) groups excluding carboxylic acids is 2. The van der Waals surface area contributed by atoms with Crippen molar-refractivity contribution in [2.45, 2.75) is 19.3 Å². The summed E-state index contributed by atoms with van der Waals surface area (Å²) in [6, 6.07) is 10.0. The normalized spacial score (nSPS) is 14.0. The monoisotopic (exact) mass is 307 g/mol. The van der Waals surface area contributed by atoms with Crippen molar-refractivity contribution in [1.82, 2.24) is 4.98 Å². The van der Waals surface area contributed by atoms with E-state index in [-0.39, 0.29) is 5.78 Å². The molecule has 0 aliphatic heterocycles. The number of halogens is 1. The molecular formula is C19H14FNO2. The Balaban J connectivity index is 2.00. The predicted molar refractivity (Wildman–Crippen MR) is 86.3 cm³/mol. The Labute approximate surface area is 132 Å². The van der Waals surface area contributed by atoms with Crippen LogP contribution in [0.5, 0.6) is 0 Å². The van der Waals surface area contributed by atoms with Crippen molar-refractivity contribution in [3.8, 4) is 11.3 Å². The fraction of sp³-hybridized carbons (Fsp3) is 0.158. The molecule has 0 amide bonds. The standard InChI is InChI=1S/C19H14FNO2/c20-13-8-15-17(23)3-1-2-14-18(15)16(9-13)21-19(14)12-6-4-11(10-22)5-7-12/h4-10,21H,1-3H2. The maximum Gasteiger partial charge on any atom is 0.163 e. The number of hydrogen-bond acceptors (Lipinski definition) is 2. The van der Waals surface area contributed by atoms with Crippen LogP contribution in [0.1, 0.15) is 39.1 Å². The second-order valence-corrected chi connectivity index (χ2v) is 5.87. The van der Waals surface area contributed by atoms with Crippen LogP contribution >= 0.6 is 0 Å². The molecule has 0 saturated heterocycles. The van der Waals surface area contributed by atoms with Gasteiger partial charge in [-0.25, -0.2) is 4.39 Å². The Hall–Kier alpha value is -2.75. The van der Waals surface area contributed by atoms with Crippen LogP contribution in [0, 0.1) is 5.82 Å². The van der Waals surface area contributed by atoms with Crippen molar-refractivity contribution < 1.29 is 14.0 Å². The fourth-order valence-electron chi connectivity index (χ4n) is 3.37. The van der Waals surface area contributed by atoms with Gasteiger partial charge < -0.3 is 4.98 Å². The number of benzene rings is 2. The average molecular weight is 307 g/mol. The SMILES string of the molecule is O=Cc1ccc(-c2[nH]c3cc(F)cc4c3c2CCCC4=O)cc1. The van der Waals surface area contributed by atoms with E-state index in [1.807, 2.05) is 12.1 Å². The molecule has 1 aromatic heterocycles. The van der Waals surface area contributed by atoms with Crippen molar-refractivity contribution in [2.75, 3.05) is 0 Å². The van der Waals surface area contributed by atoms with Gasteiger partial charge in [0.25, 0.3) is 0 Å². The van der Waals surface area contributed by atoms with Gasteiger partial charge in [0, 0.05) is 34.1 Å². The third-order valence-corrected chi connectivity index (χ3v) is 4.43. The number of aldehydes is 1. The summed E-state index contributed by atoms with van der Waals surface area (Å²) in [5, 5.41) is 0.836. The fourth-order valence-corrected chi connectivity index (χ4v) is 3.37. The number of H-pyrrole nitrogens is 1. The highest BCUT2D eigenvalue weighted by molar-refractivity contribution is 6.11. The van der Waals surface area contributed by atoms with Crippen LogP contribution in [0.15, 0.2) is 36.4 Å². The van der Waals surface area contributed by atoms with E-state index in [0.717, 1.165) is 41.3 Å². The van der Waals surface area contributed by atoms with E-state index in [4.69, 9.17) is 0 Å². The Bertz CT molecular complexity index is 938. The number of rotatable bonds is 2. The van der Waals surface area contributed by atoms with Gasteiger partial charge in [0.1, 0.15) is 12.1 Å². The topological polar surface area (TPSA) is 49.9 Å². The number of hydrogen-bond donors (Lipinski definition) is 1. The molecule has 0 atom stereocenters. The molecule has 1 heterocycles. The molecule has 4 heteroatoms. The first-order chi connectivity index (χ1) is 11.2. The van der Waals surface area contributed by atoms with Gasteiger partial charge in [-0.15, -0.1) is 0 Å². The van der Waals surface area contributed by atoms with E-state index in [2.05, 4.69) is 4.98 Å². The number of aryl methyl sites for hydroxylation is 1. The van der Waals surface area contributed by atoms with Crippen molar-refractivity contribution in [2.24, 2.45) is 0 Å². The Morgan fingerprint density at radius 3 is 2.61 bits per heavy atom. The molecule has 2 aromatic carbocycles. The lowest BCUT2D eigenvalue weighted by molar-refractivity contribution is 0.0982. The Kier molecular flexibility index (Phi) is 3.11. The highest BCUT2D eigenvalue weighted by Crippen LogP contribution is 2.36. The second-order valence-electron chi connectivity index (χ2n) is 5.87. The lowest BCUT2D eigenvalue weighted by Gasteiger charge is -2.04. The summed E-state index contributed by atoms with van der Waals surface area (Å²) < 4.78 is 13.8. The van der Waals surface area contributed by atoms with Crippen molar-refractivity contribution >= 4 is 23.0 Å². The molecule has 0 spiro atoms. The minimum Gasteiger partial charge on any atom is -0.354 e. The lowest BCUT2D eigenvalue weighted by Crippen LogP contribution is -1.98. The largest absolute Gasteiger partial charge is 0.354 e. The van der Waals surface area contributed by atoms with E-state index < -0.39 is 5.82 Å². The van der Waals surface area contributed by atoms with Gasteiger partial charge in [-0.05, 0) is 36.1 Å². The third-order valence-electron chi connectivity index (χ3n) is 4.43. The van der Waals surface area contributed by atoms with E-state index in [0.29, 0.717) is 23.1 Å². The molecular weight excluding hydrogens is 293 g/mol. The van der Waals surface area contributed by atoms with Crippen LogP contribution in [0.2, 0.25) is 0 Å². The molecule has 1 N–H and O–H groups in total. The first-order valence-corrected chi connectivity index (χ1v) is 7.60. The van der Waals surface area contributed by atoms with Gasteiger partial charge >= 0.3 is 0 Å². The van der Waals surface area contributed by atoms with Crippen LogP contribution in [0.25, 0.3) is 22.2 Å². The summed E-state index contributed by atoms with van der Waals surface area (Å²) in [5.41, 5.74) is 4.62. The quantitative estimate of drug-likeness (QED) is 0.717. The molecule has 3 aromatic rings. The molecule has 4 rings (SSSR count). The summed E-state index contributed by atoms with van der Waals surface area (Å²) in [6.45, 7) is 0. The molecule has 0 unspecified atom stereocenters. The first kappa shape index (κ1) is 13.9. The molecule has 23 heavy (non-hydrogen) atoms. The smallest absolute Gasteiger partial charge is 0.163 e. The van der Waals surface area contributed by atoms with Crippen LogP contribution in [0.3, 0.4) is 0 Å². The zero-order valence-corrected chi connectivity index (χ0v) is 12.4. The highest BCUT2D eigenvalue weighted by atomic mass is 19.1. The first-order valence-electron chi connectivity index (χ1n) is 7.60. The number of carbonyl (C=O) groups is 2. The molecule has 0 saturated carbocycles. The van der Waals surface area contributed by atoms with Crippen molar-refractivity contribution in [3.05, 3.63) is 58.9 Å². The van der Waals surface area contributed by atoms with E-state index in [1.54, 1.807) is 12.1 Å². The Morgan fingerprint density at radius 1 is 1.09 bits per heavy atom. The molecule has 0 radical (unpaired) electrons. The summed E-state index contributed by atoms with van der Waals surface area (Å²) in [5.74, 6) is -0.409. The van der Waals surface area contributed by atoms with Crippen molar-refractivity contribution in [3.63, 3.8) is 0 Å². The minimum atomic E-state index is -0.404. The minimum absolute atomic E-state index is 0.00453. The van der Waals surface area contributed by atoms with E-state index in [1.165, 1.54) is 12.1 Å². The lowest BCUT2D eigenvalue weighted by atomic mass is 10.00. The molecule has 0 fully saturated rings. The maximum absolute atomic E-state index is 13.8. The second kappa shape index (κ2) is 5.16. The molecule has 1 aliphatic carbocycles. The van der Waals surface area contributed by atoms with Crippen LogP contribution < -0.4 is 0 Å². The summed E-state index contributed by atoms with van der Waals surface area (Å²) in [6.07, 6.45) is 2.77. The Morgan fingerprint density at radius 2 is 1.87 bits per heavy atom. The number of nitrogens with one attached hydrogen (secondary N) is 1. The van der Waals surface area contributed by atoms with E-state index in [9.17, 15) is 14.0 Å². The maximum atomic E-state index is 13.8. The van der Waals surface area contributed by atoms with Crippen LogP contribution in [-0.2, 0) is 6.42 Å². The summed E-state index contributed by atoms with van der Waals surface area (Å²) in [4.78, 5) is 26.3. The van der Waals surface area contributed by atoms with Gasteiger partial charge in [-0.3, -0.25) is 9.59 Å². The van der Waals surface area contributed by atoms with Crippen LogP contribution in [0.4, 0.5) is 4.39 Å². The van der Waals surface area contributed by atoms with Gasteiger partial charge in [0.05, 0.1) is 0 Å². The molecule has 1 aliphatic rings. The number of ketones is 1. The van der Waals surface area contributed by atoms with Gasteiger partial charge in [0.2, 0.25) is 0 Å².